The molecule has 0 bridgehead atoms. The fraction of sp³-hybridized carbons (Fsp3) is 0.333. The van der Waals surface area contributed by atoms with Crippen LogP contribution in [0.15, 0.2) is 118 Å². The molecule has 1 unspecified atom stereocenters. The summed E-state index contributed by atoms with van der Waals surface area (Å²) in [4.78, 5) is 48.8. The van der Waals surface area contributed by atoms with E-state index in [4.69, 9.17) is 72.0 Å². The second-order valence-corrected chi connectivity index (χ2v) is 23.8. The maximum Gasteiger partial charge on any atom is 0.491 e. The number of aromatic nitrogens is 2. The maximum atomic E-state index is 14.7. The number of nitrogens with one attached hydrogen (secondary N) is 2. The SMILES string of the molecule is C.CC1(C)OC(=O)C(=CNc2cc(F)cc(N3CCOCC3)c2F)C(=O)O1.CO/C(N)=C/C=C(\N)C(O)c1cc(B(O)O)c(F)cc1Cl.Fc1c(N2CCOCC2)cc(F)c2c(Br)ccnc12.Nc1cc(F)cc(N2CCOCC2)c1F.O=c1cc[nH]c2c(F)c(N3CCOCC3)cc(F)c12. The molecule has 0 radical (unpaired) electrons. The lowest BCUT2D eigenvalue weighted by Gasteiger charge is -2.30. The van der Waals surface area contributed by atoms with Gasteiger partial charge in [0.1, 0.15) is 40.7 Å². The lowest BCUT2D eigenvalue weighted by molar-refractivity contribution is -0.222. The summed E-state index contributed by atoms with van der Waals surface area (Å²) in [7, 11) is -0.680. The number of pyridine rings is 2. The summed E-state index contributed by atoms with van der Waals surface area (Å²) in [6, 6.07) is 11.1. The molecule has 101 heavy (non-hydrogen) atoms. The quantitative estimate of drug-likeness (QED) is 0.00884. The van der Waals surface area contributed by atoms with E-state index in [1.54, 1.807) is 25.7 Å². The van der Waals surface area contributed by atoms with Crippen molar-refractivity contribution in [1.82, 2.24) is 9.97 Å². The van der Waals surface area contributed by atoms with Crippen molar-refractivity contribution in [3.05, 3.63) is 186 Å². The van der Waals surface area contributed by atoms with Crippen LogP contribution in [0.1, 0.15) is 32.9 Å². The molecule has 7 aromatic rings. The van der Waals surface area contributed by atoms with Crippen molar-refractivity contribution in [3.63, 3.8) is 0 Å². The van der Waals surface area contributed by atoms with E-state index in [0.717, 1.165) is 48.7 Å². The minimum atomic E-state index is -2.04. The predicted molar refractivity (Wildman–Crippen MR) is 366 cm³/mol. The molecular formula is C66H72BBrClF9N10O13. The second kappa shape index (κ2) is 36.0. The number of cyclic esters (lactones) is 2. The Kier molecular flexibility index (Phi) is 28.3. The van der Waals surface area contributed by atoms with Gasteiger partial charge in [-0.15, -0.1) is 0 Å². The van der Waals surface area contributed by atoms with Crippen LogP contribution in [-0.2, 0) is 42.7 Å². The van der Waals surface area contributed by atoms with Crippen molar-refractivity contribution in [1.29, 1.82) is 0 Å². The first kappa shape index (κ1) is 79.3. The number of aliphatic hydroxyl groups is 1. The fourth-order valence-electron chi connectivity index (χ4n) is 10.3. The van der Waals surface area contributed by atoms with Crippen molar-refractivity contribution in [3.8, 4) is 0 Å². The highest BCUT2D eigenvalue weighted by atomic mass is 79.9. The number of carbonyl (C=O) groups excluding carboxylic acids is 2. The molecule has 0 saturated carbocycles. The Morgan fingerprint density at radius 2 is 1.15 bits per heavy atom. The molecule has 5 aliphatic heterocycles. The first-order valence-corrected chi connectivity index (χ1v) is 31.7. The average molecular weight is 1510 g/mol. The van der Waals surface area contributed by atoms with Crippen LogP contribution in [0.25, 0.3) is 21.8 Å². The summed E-state index contributed by atoms with van der Waals surface area (Å²) in [5.41, 5.74) is 15.3. The molecule has 5 fully saturated rings. The van der Waals surface area contributed by atoms with Crippen LogP contribution >= 0.6 is 27.5 Å². The number of benzene rings is 5. The molecule has 5 saturated heterocycles. The number of allylic oxidation sites excluding steroid dienone is 2. The Bertz CT molecular complexity index is 4240. The molecule has 0 aliphatic carbocycles. The fourth-order valence-corrected chi connectivity index (χ4v) is 11.1. The largest absolute Gasteiger partial charge is 0.491 e. The van der Waals surface area contributed by atoms with Crippen LogP contribution in [0.5, 0.6) is 0 Å². The number of carbonyl (C=O) groups is 2. The minimum absolute atomic E-state index is 0. The summed E-state index contributed by atoms with van der Waals surface area (Å²) >= 11 is 9.05. The van der Waals surface area contributed by atoms with Gasteiger partial charge in [-0.1, -0.05) is 25.1 Å². The Morgan fingerprint density at radius 3 is 1.65 bits per heavy atom. The van der Waals surface area contributed by atoms with E-state index < -0.39 is 99.8 Å². The molecule has 0 amide bonds. The molecule has 11 N–H and O–H groups in total. The number of nitrogens with two attached hydrogens (primary N) is 3. The number of methoxy groups -OCH3 is 1. The van der Waals surface area contributed by atoms with Gasteiger partial charge in [-0.05, 0) is 46.3 Å². The Morgan fingerprint density at radius 1 is 0.673 bits per heavy atom. The molecule has 5 aromatic carbocycles. The number of fused-ring (bicyclic) bond motifs is 2. The summed E-state index contributed by atoms with van der Waals surface area (Å²) < 4.78 is 162. The third kappa shape index (κ3) is 20.2. The van der Waals surface area contributed by atoms with E-state index in [-0.39, 0.29) is 85.5 Å². The second-order valence-electron chi connectivity index (χ2n) is 22.5. The first-order chi connectivity index (χ1) is 47.6. The van der Waals surface area contributed by atoms with Crippen LogP contribution in [0.4, 0.5) is 73.6 Å². The summed E-state index contributed by atoms with van der Waals surface area (Å²) in [5.74, 6) is -8.75. The maximum absolute atomic E-state index is 14.7. The summed E-state index contributed by atoms with van der Waals surface area (Å²) in [5, 5.41) is 30.5. The molecule has 7 heterocycles. The number of nitrogen functional groups attached to an aromatic ring is 1. The van der Waals surface area contributed by atoms with Gasteiger partial charge in [0.05, 0.1) is 110 Å². The van der Waals surface area contributed by atoms with Crippen molar-refractivity contribution < 1.29 is 97.4 Å². The van der Waals surface area contributed by atoms with Gasteiger partial charge in [-0.2, -0.15) is 0 Å². The molecule has 35 heteroatoms. The van der Waals surface area contributed by atoms with Crippen molar-refractivity contribution in [2.75, 3.05) is 143 Å². The third-order valence-corrected chi connectivity index (χ3v) is 16.4. The highest BCUT2D eigenvalue weighted by Crippen LogP contribution is 2.35. The van der Waals surface area contributed by atoms with Crippen LogP contribution in [-0.4, -0.2) is 162 Å². The molecule has 5 aliphatic rings. The van der Waals surface area contributed by atoms with Gasteiger partial charge in [0.25, 0.3) is 5.79 Å². The van der Waals surface area contributed by atoms with Gasteiger partial charge in [0.15, 0.2) is 40.2 Å². The zero-order valence-corrected chi connectivity index (χ0v) is 56.0. The number of hydrogen-bond donors (Lipinski definition) is 8. The van der Waals surface area contributed by atoms with Gasteiger partial charge in [0.2, 0.25) is 0 Å². The molecule has 2 aromatic heterocycles. The van der Waals surface area contributed by atoms with Crippen molar-refractivity contribution in [2.45, 2.75) is 33.2 Å². The van der Waals surface area contributed by atoms with Crippen LogP contribution in [0.2, 0.25) is 5.02 Å². The summed E-state index contributed by atoms with van der Waals surface area (Å²) in [6.07, 6.45) is 4.95. The Labute approximate surface area is 586 Å². The number of morpholine rings is 4. The highest BCUT2D eigenvalue weighted by molar-refractivity contribution is 9.10. The first-order valence-electron chi connectivity index (χ1n) is 30.5. The Balaban J connectivity index is 0.000000178. The normalized spacial score (nSPS) is 16.5. The number of anilines is 6. The van der Waals surface area contributed by atoms with E-state index >= 15 is 0 Å². The number of H-pyrrole nitrogens is 1. The van der Waals surface area contributed by atoms with Gasteiger partial charge in [-0.25, -0.2) is 49.1 Å². The van der Waals surface area contributed by atoms with Crippen molar-refractivity contribution >= 4 is 108 Å². The summed E-state index contributed by atoms with van der Waals surface area (Å²) in [6.45, 7) is 10.7. The van der Waals surface area contributed by atoms with Gasteiger partial charge in [0, 0.05) is 147 Å². The number of aliphatic hydroxyl groups excluding tert-OH is 1. The molecule has 544 valence electrons. The number of halogens is 11. The number of esters is 2. The van der Waals surface area contributed by atoms with Crippen LogP contribution < -0.4 is 53.0 Å². The highest BCUT2D eigenvalue weighted by Gasteiger charge is 2.39. The Hall–Kier alpha value is -9.00. The monoisotopic (exact) mass is 1510 g/mol. The van der Waals surface area contributed by atoms with E-state index in [0.29, 0.717) is 110 Å². The van der Waals surface area contributed by atoms with Crippen LogP contribution in [0, 0.1) is 52.4 Å². The van der Waals surface area contributed by atoms with Gasteiger partial charge < -0.3 is 95.4 Å². The van der Waals surface area contributed by atoms with Crippen LogP contribution in [0.3, 0.4) is 0 Å². The smallest absolute Gasteiger partial charge is 0.483 e. The minimum Gasteiger partial charge on any atom is -0.483 e. The number of aromatic amines is 1. The zero-order chi connectivity index (χ0) is 72.7. The number of hydrogen-bond acceptors (Lipinski definition) is 22. The molecule has 12 rings (SSSR count). The van der Waals surface area contributed by atoms with E-state index in [9.17, 15) is 59.0 Å². The van der Waals surface area contributed by atoms with Crippen molar-refractivity contribution in [2.24, 2.45) is 11.5 Å². The zero-order valence-electron chi connectivity index (χ0n) is 53.7. The van der Waals surface area contributed by atoms with E-state index in [2.05, 4.69) is 31.2 Å². The molecule has 1 atom stereocenters. The third-order valence-electron chi connectivity index (χ3n) is 15.4. The lowest BCUT2D eigenvalue weighted by atomic mass is 9.78. The lowest BCUT2D eigenvalue weighted by Crippen LogP contribution is -2.42. The number of nitrogens with zero attached hydrogens (tertiary/aromatic N) is 5. The van der Waals surface area contributed by atoms with E-state index in [1.165, 1.54) is 57.6 Å². The molecule has 0 spiro atoms. The average Bonchev–Trinajstić information content (AvgIpc) is 0.777. The number of rotatable bonds is 11. The number of ether oxygens (including phenoxy) is 7. The molecule has 23 nitrogen and oxygen atoms in total. The standard InChI is InChI=1S/C17H18F2N2O5.C13H11BrF2N2O.C13H12F2N2O2.C12H15BClFN2O4.C10H12F2N2O.CH4/c1-17(2)25-15(22)11(16(23)26-17)9-20-12-7-10(18)8-13(14(12)19)21-3-5-24-6-4-21;14-8-1-2-17-13-11(8)9(15)7-10(12(13)16)18-3-5-19-6-4-18;14-8-7-9(17-3-5-19-6-4-17)12(15)13-11(8)10(18)1-2-16-13;1-21-11(17)3-2-10(16)12(18)6-4-7(13(19)20)9(15)5-8(6)14;11-7-5-8(13)10(12)9(6-7)14-1-3-15-4-2-14;/h7-9,20H,3-6H2,1-2H3;1-2,7H,3-6H2;1-2,7H,3-6H2,(H,16,18);2-5,12,18-20H,16-17H2,1H3;5-6H,1-4,13H2;1H4/b;;;10-2-,11-3+;;. The van der Waals surface area contributed by atoms with Gasteiger partial charge in [-0.3, -0.25) is 9.78 Å². The van der Waals surface area contributed by atoms with E-state index in [1.807, 2.05) is 0 Å². The molecular weight excluding hydrogens is 1440 g/mol. The predicted octanol–water partition coefficient (Wildman–Crippen LogP) is 8.19. The topological polar surface area (TPSA) is 308 Å². The van der Waals surface area contributed by atoms with Gasteiger partial charge >= 0.3 is 19.1 Å².